The van der Waals surface area contributed by atoms with Crippen molar-refractivity contribution >= 4 is 33.2 Å². The third-order valence-corrected chi connectivity index (χ3v) is 3.95. The molecule has 0 aliphatic heterocycles. The van der Waals surface area contributed by atoms with Gasteiger partial charge in [-0.1, -0.05) is 33.6 Å². The van der Waals surface area contributed by atoms with Gasteiger partial charge in [-0.25, -0.2) is 0 Å². The van der Waals surface area contributed by atoms with E-state index in [0.29, 0.717) is 17.3 Å². The Kier molecular flexibility index (Phi) is 5.51. The molecule has 0 heterocycles. The summed E-state index contributed by atoms with van der Waals surface area (Å²) in [7, 11) is 1.60. The van der Waals surface area contributed by atoms with E-state index in [2.05, 4.69) is 40.3 Å². The number of ether oxygens (including phenoxy) is 1. The molecule has 0 saturated heterocycles. The first-order chi connectivity index (χ1) is 10.0. The van der Waals surface area contributed by atoms with Crippen molar-refractivity contribution in [2.75, 3.05) is 19.0 Å². The maximum absolute atomic E-state index is 6.18. The van der Waals surface area contributed by atoms with Gasteiger partial charge in [-0.15, -0.1) is 0 Å². The van der Waals surface area contributed by atoms with Crippen molar-refractivity contribution in [1.29, 1.82) is 0 Å². The van der Waals surface area contributed by atoms with Gasteiger partial charge in [-0.2, -0.15) is 0 Å². The van der Waals surface area contributed by atoms with Crippen LogP contribution >= 0.6 is 27.5 Å². The summed E-state index contributed by atoms with van der Waals surface area (Å²) in [5.41, 5.74) is 9.12. The number of hydrogen-bond acceptors (Lipinski definition) is 3. The molecule has 0 aliphatic rings. The Morgan fingerprint density at radius 2 is 2.05 bits per heavy atom. The molecule has 2 aromatic rings. The van der Waals surface area contributed by atoms with Crippen molar-refractivity contribution in [3.05, 3.63) is 57.0 Å². The first-order valence-electron chi connectivity index (χ1n) is 6.60. The summed E-state index contributed by atoms with van der Waals surface area (Å²) in [4.78, 5) is 0. The summed E-state index contributed by atoms with van der Waals surface area (Å²) in [6.07, 6.45) is 0. The smallest absolute Gasteiger partial charge is 0.137 e. The van der Waals surface area contributed by atoms with Crippen LogP contribution in [-0.4, -0.2) is 13.7 Å². The summed E-state index contributed by atoms with van der Waals surface area (Å²) in [6.45, 7) is 2.52. The Bertz CT molecular complexity index is 613. The highest BCUT2D eigenvalue weighted by atomic mass is 79.9. The number of rotatable bonds is 5. The first-order valence-corrected chi connectivity index (χ1v) is 7.78. The van der Waals surface area contributed by atoms with Gasteiger partial charge in [0.2, 0.25) is 0 Å². The number of anilines is 1. The van der Waals surface area contributed by atoms with E-state index in [1.807, 2.05) is 24.3 Å². The fourth-order valence-electron chi connectivity index (χ4n) is 2.20. The van der Waals surface area contributed by atoms with Crippen LogP contribution in [-0.2, 0) is 0 Å². The molecule has 0 radical (unpaired) electrons. The zero-order valence-electron chi connectivity index (χ0n) is 12.0. The maximum atomic E-state index is 6.18. The Balaban J connectivity index is 2.25. The van der Waals surface area contributed by atoms with Crippen LogP contribution in [0.2, 0.25) is 5.02 Å². The molecule has 21 heavy (non-hydrogen) atoms. The molecule has 0 saturated carbocycles. The van der Waals surface area contributed by atoms with Gasteiger partial charge >= 0.3 is 0 Å². The number of hydrogen-bond donors (Lipinski definition) is 2. The van der Waals surface area contributed by atoms with Crippen LogP contribution in [0.4, 0.5) is 5.69 Å². The van der Waals surface area contributed by atoms with Crippen molar-refractivity contribution in [2.45, 2.75) is 13.0 Å². The van der Waals surface area contributed by atoms with Gasteiger partial charge in [0.15, 0.2) is 0 Å². The predicted molar refractivity (Wildman–Crippen MR) is 92.3 cm³/mol. The SMILES string of the molecule is COc1ccc(C(CN)Nc2cc(C)cc(Br)c2)cc1Cl. The van der Waals surface area contributed by atoms with E-state index < -0.39 is 0 Å². The molecule has 112 valence electrons. The van der Waals surface area contributed by atoms with E-state index in [4.69, 9.17) is 22.1 Å². The van der Waals surface area contributed by atoms with Crippen molar-refractivity contribution in [3.63, 3.8) is 0 Å². The lowest BCUT2D eigenvalue weighted by Crippen LogP contribution is -2.20. The minimum Gasteiger partial charge on any atom is -0.495 e. The third kappa shape index (κ3) is 4.13. The molecule has 0 spiro atoms. The van der Waals surface area contributed by atoms with E-state index in [-0.39, 0.29) is 6.04 Å². The first kappa shape index (κ1) is 16.1. The van der Waals surface area contributed by atoms with Crippen molar-refractivity contribution in [1.82, 2.24) is 0 Å². The zero-order valence-corrected chi connectivity index (χ0v) is 14.3. The van der Waals surface area contributed by atoms with E-state index in [1.54, 1.807) is 7.11 Å². The molecule has 0 aliphatic carbocycles. The van der Waals surface area contributed by atoms with Crippen LogP contribution in [0.1, 0.15) is 17.2 Å². The maximum Gasteiger partial charge on any atom is 0.137 e. The second-order valence-corrected chi connectivity index (χ2v) is 6.17. The largest absolute Gasteiger partial charge is 0.495 e. The van der Waals surface area contributed by atoms with Crippen LogP contribution in [0, 0.1) is 6.92 Å². The molecule has 0 aromatic heterocycles. The number of nitrogens with two attached hydrogens (primary N) is 1. The molecule has 2 aromatic carbocycles. The third-order valence-electron chi connectivity index (χ3n) is 3.20. The number of aryl methyl sites for hydroxylation is 1. The summed E-state index contributed by atoms with van der Waals surface area (Å²) in [5, 5.41) is 4.02. The predicted octanol–water partition coefficient (Wildman–Crippen LogP) is 4.53. The second-order valence-electron chi connectivity index (χ2n) is 4.84. The average molecular weight is 370 g/mol. The summed E-state index contributed by atoms with van der Waals surface area (Å²) < 4.78 is 6.21. The van der Waals surface area contributed by atoms with Gasteiger partial charge in [0, 0.05) is 16.7 Å². The highest BCUT2D eigenvalue weighted by Crippen LogP contribution is 2.29. The highest BCUT2D eigenvalue weighted by Gasteiger charge is 2.12. The van der Waals surface area contributed by atoms with Gasteiger partial charge in [0.25, 0.3) is 0 Å². The number of halogens is 2. The molecule has 0 amide bonds. The van der Waals surface area contributed by atoms with Crippen LogP contribution < -0.4 is 15.8 Å². The van der Waals surface area contributed by atoms with Crippen LogP contribution in [0.3, 0.4) is 0 Å². The minimum absolute atomic E-state index is 0.0119. The Labute approximate surface area is 138 Å². The van der Waals surface area contributed by atoms with Crippen LogP contribution in [0.25, 0.3) is 0 Å². The zero-order chi connectivity index (χ0) is 15.4. The standard InChI is InChI=1S/C16H18BrClN2O/c1-10-5-12(17)8-13(6-10)20-15(9-19)11-3-4-16(21-2)14(18)7-11/h3-8,15,20H,9,19H2,1-2H3. The molecule has 5 heteroatoms. The molecule has 3 nitrogen and oxygen atoms in total. The number of methoxy groups -OCH3 is 1. The number of benzene rings is 2. The van der Waals surface area contributed by atoms with E-state index in [1.165, 1.54) is 5.56 Å². The lowest BCUT2D eigenvalue weighted by Gasteiger charge is -2.20. The molecule has 2 rings (SSSR count). The van der Waals surface area contributed by atoms with E-state index in [0.717, 1.165) is 15.7 Å². The molecule has 1 unspecified atom stereocenters. The topological polar surface area (TPSA) is 47.3 Å². The lowest BCUT2D eigenvalue weighted by atomic mass is 10.1. The number of nitrogens with one attached hydrogen (secondary N) is 1. The molecule has 0 bridgehead atoms. The fraction of sp³-hybridized carbons (Fsp3) is 0.250. The normalized spacial score (nSPS) is 12.0. The van der Waals surface area contributed by atoms with Crippen molar-refractivity contribution in [3.8, 4) is 5.75 Å². The van der Waals surface area contributed by atoms with Gasteiger partial charge < -0.3 is 15.8 Å². The van der Waals surface area contributed by atoms with E-state index >= 15 is 0 Å². The molecule has 0 fully saturated rings. The molecule has 3 N–H and O–H groups in total. The second kappa shape index (κ2) is 7.16. The molecular formula is C16H18BrClN2O. The van der Waals surface area contributed by atoms with Gasteiger partial charge in [-0.05, 0) is 48.4 Å². The van der Waals surface area contributed by atoms with Crippen LogP contribution in [0.15, 0.2) is 40.9 Å². The monoisotopic (exact) mass is 368 g/mol. The average Bonchev–Trinajstić information content (AvgIpc) is 2.43. The van der Waals surface area contributed by atoms with Gasteiger partial charge in [0.1, 0.15) is 5.75 Å². The molecule has 1 atom stereocenters. The highest BCUT2D eigenvalue weighted by molar-refractivity contribution is 9.10. The van der Waals surface area contributed by atoms with Crippen molar-refractivity contribution in [2.24, 2.45) is 5.73 Å². The van der Waals surface area contributed by atoms with E-state index in [9.17, 15) is 0 Å². The summed E-state index contributed by atoms with van der Waals surface area (Å²) >= 11 is 9.69. The van der Waals surface area contributed by atoms with Gasteiger partial charge in [0.05, 0.1) is 18.2 Å². The Hall–Kier alpha value is -1.23. The van der Waals surface area contributed by atoms with Crippen molar-refractivity contribution < 1.29 is 4.74 Å². The summed E-state index contributed by atoms with van der Waals surface area (Å²) in [6, 6.07) is 11.9. The fourth-order valence-corrected chi connectivity index (χ4v) is 3.07. The van der Waals surface area contributed by atoms with Gasteiger partial charge in [-0.3, -0.25) is 0 Å². The minimum atomic E-state index is -0.0119. The summed E-state index contributed by atoms with van der Waals surface area (Å²) in [5.74, 6) is 0.662. The lowest BCUT2D eigenvalue weighted by molar-refractivity contribution is 0.415. The molecular weight excluding hydrogens is 352 g/mol. The quantitative estimate of drug-likeness (QED) is 0.814. The Morgan fingerprint density at radius 3 is 2.62 bits per heavy atom. The Morgan fingerprint density at radius 1 is 1.29 bits per heavy atom. The van der Waals surface area contributed by atoms with Crippen LogP contribution in [0.5, 0.6) is 5.75 Å².